The maximum atomic E-state index is 6.35. The van der Waals surface area contributed by atoms with E-state index in [0.717, 1.165) is 0 Å². The molecule has 0 aromatic rings. The number of likely N-dealkylation sites (N-methyl/N-ethyl adjacent to an activating group) is 2. The second kappa shape index (κ2) is 5.88. The Balaban J connectivity index is 1.74. The van der Waals surface area contributed by atoms with Crippen LogP contribution >= 0.6 is 0 Å². The molecule has 0 saturated carbocycles. The molecule has 112 valence electrons. The van der Waals surface area contributed by atoms with Crippen LogP contribution in [0.5, 0.6) is 0 Å². The van der Waals surface area contributed by atoms with Crippen LogP contribution in [0.3, 0.4) is 0 Å². The Kier molecular flexibility index (Phi) is 4.15. The molecule has 4 nitrogen and oxygen atoms in total. The molecule has 3 aliphatic rings. The topological polar surface area (TPSA) is 45.3 Å². The fraction of sp³-hybridized carbons (Fsp3) is 0.750. The highest BCUT2D eigenvalue weighted by Gasteiger charge is 2.47. The summed E-state index contributed by atoms with van der Waals surface area (Å²) in [7, 11) is 4.01. The molecule has 0 amide bonds. The molecule has 0 spiro atoms. The molecule has 3 N–H and O–H groups in total. The van der Waals surface area contributed by atoms with Gasteiger partial charge in [-0.3, -0.25) is 5.32 Å². The van der Waals surface area contributed by atoms with E-state index in [9.17, 15) is 0 Å². The summed E-state index contributed by atoms with van der Waals surface area (Å²) in [6.07, 6.45) is 11.1. The summed E-state index contributed by atoms with van der Waals surface area (Å²) >= 11 is 0. The second-order valence-electron chi connectivity index (χ2n) is 6.11. The van der Waals surface area contributed by atoms with Gasteiger partial charge in [-0.2, -0.15) is 0 Å². The van der Waals surface area contributed by atoms with Crippen LogP contribution < -0.4 is 16.0 Å². The van der Waals surface area contributed by atoms with Crippen LogP contribution in [0.25, 0.3) is 0 Å². The molecule has 0 aromatic heterocycles. The molecular weight excluding hydrogens is 250 g/mol. The Morgan fingerprint density at radius 3 is 2.90 bits per heavy atom. The minimum Gasteiger partial charge on any atom is -0.491 e. The molecule has 1 saturated heterocycles. The molecule has 2 aliphatic heterocycles. The first-order valence-corrected chi connectivity index (χ1v) is 7.94. The monoisotopic (exact) mass is 277 g/mol. The van der Waals surface area contributed by atoms with Gasteiger partial charge in [0.25, 0.3) is 0 Å². The molecule has 2 heterocycles. The van der Waals surface area contributed by atoms with Gasteiger partial charge in [-0.15, -0.1) is 0 Å². The van der Waals surface area contributed by atoms with E-state index in [4.69, 9.17) is 4.74 Å². The zero-order valence-electron chi connectivity index (χ0n) is 12.7. The molecule has 1 aliphatic carbocycles. The summed E-state index contributed by atoms with van der Waals surface area (Å²) in [6, 6.07) is 0.654. The highest BCUT2D eigenvalue weighted by atomic mass is 16.5. The van der Waals surface area contributed by atoms with Gasteiger partial charge in [0.05, 0.1) is 24.0 Å². The standard InChI is InChI=1S/C16H27N3O/c1-4-10-7-5-6-8-11(10)13-9-12-15(20-13)14(17-2)16(18-3)19-12/h5,7,9-12,14-19H,4,6,8H2,1-3H3. The summed E-state index contributed by atoms with van der Waals surface area (Å²) in [5.74, 6) is 2.43. The van der Waals surface area contributed by atoms with Gasteiger partial charge in [0.2, 0.25) is 0 Å². The second-order valence-corrected chi connectivity index (χ2v) is 6.11. The molecule has 3 rings (SSSR count). The maximum Gasteiger partial charge on any atom is 0.135 e. The van der Waals surface area contributed by atoms with E-state index in [1.807, 2.05) is 14.1 Å². The van der Waals surface area contributed by atoms with Gasteiger partial charge >= 0.3 is 0 Å². The largest absolute Gasteiger partial charge is 0.491 e. The number of hydrogen-bond acceptors (Lipinski definition) is 4. The first-order chi connectivity index (χ1) is 9.78. The molecule has 0 aromatic carbocycles. The molecule has 6 atom stereocenters. The SMILES string of the molecule is CCC1C=CCCC1C1=CC2NC(NC)C(NC)C2O1. The van der Waals surface area contributed by atoms with Crippen molar-refractivity contribution in [3.05, 3.63) is 24.0 Å². The number of fused-ring (bicyclic) bond motifs is 1. The minimum atomic E-state index is 0.218. The number of hydrogen-bond donors (Lipinski definition) is 3. The van der Waals surface area contributed by atoms with E-state index in [-0.39, 0.29) is 12.3 Å². The predicted octanol–water partition coefficient (Wildman–Crippen LogP) is 1.37. The van der Waals surface area contributed by atoms with Crippen LogP contribution in [0.15, 0.2) is 24.0 Å². The summed E-state index contributed by atoms with van der Waals surface area (Å²) in [6.45, 7) is 2.27. The van der Waals surface area contributed by atoms with Crippen molar-refractivity contribution in [3.8, 4) is 0 Å². The maximum absolute atomic E-state index is 6.35. The zero-order chi connectivity index (χ0) is 14.1. The van der Waals surface area contributed by atoms with Crippen LogP contribution in [0, 0.1) is 11.8 Å². The van der Waals surface area contributed by atoms with Gasteiger partial charge in [-0.1, -0.05) is 19.1 Å². The van der Waals surface area contributed by atoms with Crippen molar-refractivity contribution in [1.82, 2.24) is 16.0 Å². The average molecular weight is 277 g/mol. The third-order valence-corrected chi connectivity index (χ3v) is 5.08. The quantitative estimate of drug-likeness (QED) is 0.679. The number of ether oxygens (including phenoxy) is 1. The Morgan fingerprint density at radius 1 is 1.35 bits per heavy atom. The fourth-order valence-corrected chi connectivity index (χ4v) is 3.96. The normalized spacial score (nSPS) is 43.2. The van der Waals surface area contributed by atoms with Crippen LogP contribution in [-0.2, 0) is 4.74 Å². The van der Waals surface area contributed by atoms with Gasteiger partial charge in [0.1, 0.15) is 6.10 Å². The Hall–Kier alpha value is -0.840. The van der Waals surface area contributed by atoms with Gasteiger partial charge in [0.15, 0.2) is 0 Å². The lowest BCUT2D eigenvalue weighted by Gasteiger charge is -2.30. The Morgan fingerprint density at radius 2 is 2.20 bits per heavy atom. The van der Waals surface area contributed by atoms with E-state index in [0.29, 0.717) is 23.9 Å². The number of nitrogens with one attached hydrogen (secondary N) is 3. The van der Waals surface area contributed by atoms with Crippen LogP contribution in [0.4, 0.5) is 0 Å². The van der Waals surface area contributed by atoms with Crippen molar-refractivity contribution in [2.24, 2.45) is 11.8 Å². The van der Waals surface area contributed by atoms with Crippen LogP contribution in [0.2, 0.25) is 0 Å². The lowest BCUT2D eigenvalue weighted by Crippen LogP contribution is -2.50. The van der Waals surface area contributed by atoms with Crippen molar-refractivity contribution in [3.63, 3.8) is 0 Å². The van der Waals surface area contributed by atoms with Gasteiger partial charge in [0, 0.05) is 5.92 Å². The van der Waals surface area contributed by atoms with Crippen molar-refractivity contribution in [2.45, 2.75) is 50.5 Å². The molecule has 1 fully saturated rings. The Labute approximate surface area is 122 Å². The van der Waals surface area contributed by atoms with Crippen molar-refractivity contribution >= 4 is 0 Å². The van der Waals surface area contributed by atoms with Crippen LogP contribution in [-0.4, -0.2) is 38.4 Å². The van der Waals surface area contributed by atoms with E-state index in [1.54, 1.807) is 0 Å². The predicted molar refractivity (Wildman–Crippen MR) is 81.2 cm³/mol. The van der Waals surface area contributed by atoms with Crippen LogP contribution in [0.1, 0.15) is 26.2 Å². The summed E-state index contributed by atoms with van der Waals surface area (Å²) in [5, 5.41) is 10.3. The lowest BCUT2D eigenvalue weighted by atomic mass is 9.81. The number of rotatable bonds is 4. The minimum absolute atomic E-state index is 0.218. The van der Waals surface area contributed by atoms with Gasteiger partial charge < -0.3 is 15.4 Å². The fourth-order valence-electron chi connectivity index (χ4n) is 3.96. The van der Waals surface area contributed by atoms with Crippen molar-refractivity contribution < 1.29 is 4.74 Å². The summed E-state index contributed by atoms with van der Waals surface area (Å²) in [5.41, 5.74) is 0. The first-order valence-electron chi connectivity index (χ1n) is 7.94. The summed E-state index contributed by atoms with van der Waals surface area (Å²) in [4.78, 5) is 0. The smallest absolute Gasteiger partial charge is 0.135 e. The molecule has 6 unspecified atom stereocenters. The van der Waals surface area contributed by atoms with Crippen molar-refractivity contribution in [1.29, 1.82) is 0 Å². The van der Waals surface area contributed by atoms with E-state index in [2.05, 4.69) is 41.1 Å². The molecular formula is C16H27N3O. The molecule has 4 heteroatoms. The third-order valence-electron chi connectivity index (χ3n) is 5.08. The Bertz CT molecular complexity index is 407. The number of allylic oxidation sites excluding steroid dienone is 3. The van der Waals surface area contributed by atoms with Gasteiger partial charge in [-0.25, -0.2) is 0 Å². The molecule has 0 bridgehead atoms. The van der Waals surface area contributed by atoms with E-state index in [1.165, 1.54) is 25.0 Å². The lowest BCUT2D eigenvalue weighted by molar-refractivity contribution is 0.0844. The molecule has 0 radical (unpaired) electrons. The van der Waals surface area contributed by atoms with Gasteiger partial charge in [-0.05, 0) is 45.4 Å². The summed E-state index contributed by atoms with van der Waals surface area (Å²) < 4.78 is 6.35. The third kappa shape index (κ3) is 2.30. The van der Waals surface area contributed by atoms with E-state index >= 15 is 0 Å². The molecule has 20 heavy (non-hydrogen) atoms. The zero-order valence-corrected chi connectivity index (χ0v) is 12.7. The highest BCUT2D eigenvalue weighted by Crippen LogP contribution is 2.39. The average Bonchev–Trinajstić information content (AvgIpc) is 3.03. The first kappa shape index (κ1) is 14.1. The van der Waals surface area contributed by atoms with Crippen molar-refractivity contribution in [2.75, 3.05) is 14.1 Å². The van der Waals surface area contributed by atoms with E-state index < -0.39 is 0 Å². The highest BCUT2D eigenvalue weighted by molar-refractivity contribution is 5.22.